The first kappa shape index (κ1) is 10.7. The third-order valence-electron chi connectivity index (χ3n) is 2.19. The highest BCUT2D eigenvalue weighted by Gasteiger charge is 2.04. The third-order valence-corrected chi connectivity index (χ3v) is 3.58. The van der Waals surface area contributed by atoms with Gasteiger partial charge in [0.25, 0.3) is 0 Å². The van der Waals surface area contributed by atoms with Gasteiger partial charge in [-0.1, -0.05) is 29.8 Å². The van der Waals surface area contributed by atoms with Gasteiger partial charge < -0.3 is 5.32 Å². The first-order valence-corrected chi connectivity index (χ1v) is 6.04. The molecular formula is C12H12ClNS. The van der Waals surface area contributed by atoms with E-state index < -0.39 is 0 Å². The minimum Gasteiger partial charge on any atom is -0.316 e. The lowest BCUT2D eigenvalue weighted by Crippen LogP contribution is -2.04. The first-order chi connectivity index (χ1) is 7.31. The number of thiophene rings is 1. The van der Waals surface area contributed by atoms with E-state index in [-0.39, 0.29) is 0 Å². The van der Waals surface area contributed by atoms with Crippen molar-refractivity contribution in [2.75, 3.05) is 7.05 Å². The van der Waals surface area contributed by atoms with Crippen molar-refractivity contribution in [1.82, 2.24) is 5.32 Å². The number of hydrogen-bond acceptors (Lipinski definition) is 2. The van der Waals surface area contributed by atoms with E-state index >= 15 is 0 Å². The highest BCUT2D eigenvalue weighted by atomic mass is 35.5. The molecule has 1 aromatic carbocycles. The summed E-state index contributed by atoms with van der Waals surface area (Å²) < 4.78 is 0. The van der Waals surface area contributed by atoms with Crippen LogP contribution in [0.5, 0.6) is 0 Å². The molecule has 3 heteroatoms. The molecule has 0 aliphatic rings. The molecule has 0 unspecified atom stereocenters. The molecule has 1 N–H and O–H groups in total. The summed E-state index contributed by atoms with van der Waals surface area (Å²) in [5.41, 5.74) is 2.47. The predicted octanol–water partition coefficient (Wildman–Crippen LogP) is 3.79. The molecule has 0 aliphatic heterocycles. The van der Waals surface area contributed by atoms with Crippen molar-refractivity contribution in [3.05, 3.63) is 46.3 Å². The highest BCUT2D eigenvalue weighted by Crippen LogP contribution is 2.33. The Balaban J connectivity index is 2.37. The Hall–Kier alpha value is -0.830. The Labute approximate surface area is 98.7 Å². The maximum absolute atomic E-state index is 6.10. The van der Waals surface area contributed by atoms with Gasteiger partial charge in [-0.25, -0.2) is 0 Å². The zero-order valence-corrected chi connectivity index (χ0v) is 10.0. The van der Waals surface area contributed by atoms with Crippen LogP contribution < -0.4 is 5.32 Å². The fourth-order valence-corrected chi connectivity index (χ4v) is 2.69. The third kappa shape index (κ3) is 2.40. The fourth-order valence-electron chi connectivity index (χ4n) is 1.53. The minimum atomic E-state index is 0.835. The smallest absolute Gasteiger partial charge is 0.0592 e. The van der Waals surface area contributed by atoms with Crippen molar-refractivity contribution in [1.29, 1.82) is 0 Å². The Morgan fingerprint density at radius 1 is 1.33 bits per heavy atom. The van der Waals surface area contributed by atoms with Crippen molar-refractivity contribution < 1.29 is 0 Å². The van der Waals surface area contributed by atoms with Gasteiger partial charge in [-0.2, -0.15) is 0 Å². The largest absolute Gasteiger partial charge is 0.316 e. The van der Waals surface area contributed by atoms with E-state index in [2.05, 4.69) is 29.6 Å². The Morgan fingerprint density at radius 2 is 2.20 bits per heavy atom. The zero-order chi connectivity index (χ0) is 10.7. The van der Waals surface area contributed by atoms with Crippen molar-refractivity contribution in [3.63, 3.8) is 0 Å². The molecule has 0 atom stereocenters. The van der Waals surface area contributed by atoms with E-state index in [9.17, 15) is 0 Å². The lowest BCUT2D eigenvalue weighted by atomic mass is 10.1. The second-order valence-electron chi connectivity index (χ2n) is 3.33. The Kier molecular flexibility index (Phi) is 3.41. The molecular weight excluding hydrogens is 226 g/mol. The fraction of sp³-hybridized carbons (Fsp3) is 0.167. The standard InChI is InChI=1S/C12H12ClNS/c1-14-8-9-3-2-4-10(7-9)12-11(13)5-6-15-12/h2-7,14H,8H2,1H3. The lowest BCUT2D eigenvalue weighted by molar-refractivity contribution is 0.818. The summed E-state index contributed by atoms with van der Waals surface area (Å²) in [7, 11) is 1.95. The zero-order valence-electron chi connectivity index (χ0n) is 8.46. The molecule has 78 valence electrons. The van der Waals surface area contributed by atoms with Crippen molar-refractivity contribution in [2.45, 2.75) is 6.54 Å². The number of hydrogen-bond donors (Lipinski definition) is 1. The monoisotopic (exact) mass is 237 g/mol. The first-order valence-electron chi connectivity index (χ1n) is 4.78. The van der Waals surface area contributed by atoms with Crippen molar-refractivity contribution in [2.24, 2.45) is 0 Å². The maximum Gasteiger partial charge on any atom is 0.0592 e. The van der Waals surface area contributed by atoms with Gasteiger partial charge in [-0.3, -0.25) is 0 Å². The van der Waals surface area contributed by atoms with Crippen LogP contribution in [0.2, 0.25) is 5.02 Å². The molecule has 0 aliphatic carbocycles. The molecule has 2 aromatic rings. The number of benzene rings is 1. The van der Waals surface area contributed by atoms with Crippen LogP contribution in [-0.2, 0) is 6.54 Å². The average Bonchev–Trinajstić information content (AvgIpc) is 2.65. The Bertz CT molecular complexity index is 450. The molecule has 0 fully saturated rings. The lowest BCUT2D eigenvalue weighted by Gasteiger charge is -2.03. The second-order valence-corrected chi connectivity index (χ2v) is 4.65. The second kappa shape index (κ2) is 4.79. The molecule has 0 spiro atoms. The molecule has 1 nitrogen and oxygen atoms in total. The van der Waals surface area contributed by atoms with Gasteiger partial charge in [0.2, 0.25) is 0 Å². The van der Waals surface area contributed by atoms with Gasteiger partial charge in [-0.15, -0.1) is 11.3 Å². The van der Waals surface area contributed by atoms with E-state index in [0.29, 0.717) is 0 Å². The molecule has 2 rings (SSSR count). The van der Waals surface area contributed by atoms with E-state index in [0.717, 1.165) is 16.4 Å². The van der Waals surface area contributed by atoms with Gasteiger partial charge in [0, 0.05) is 6.54 Å². The van der Waals surface area contributed by atoms with E-state index in [1.54, 1.807) is 11.3 Å². The number of rotatable bonds is 3. The quantitative estimate of drug-likeness (QED) is 0.857. The average molecular weight is 238 g/mol. The molecule has 1 aromatic heterocycles. The normalized spacial score (nSPS) is 10.5. The van der Waals surface area contributed by atoms with Crippen LogP contribution in [-0.4, -0.2) is 7.05 Å². The van der Waals surface area contributed by atoms with Crippen LogP contribution >= 0.6 is 22.9 Å². The van der Waals surface area contributed by atoms with Crippen LogP contribution in [0.25, 0.3) is 10.4 Å². The Morgan fingerprint density at radius 3 is 2.87 bits per heavy atom. The molecule has 0 saturated heterocycles. The summed E-state index contributed by atoms with van der Waals surface area (Å²) in [5, 5.41) is 5.99. The summed E-state index contributed by atoms with van der Waals surface area (Å²) in [6, 6.07) is 10.4. The van der Waals surface area contributed by atoms with Crippen LogP contribution in [0, 0.1) is 0 Å². The number of halogens is 1. The maximum atomic E-state index is 6.10. The summed E-state index contributed by atoms with van der Waals surface area (Å²) in [4.78, 5) is 1.15. The van der Waals surface area contributed by atoms with Crippen LogP contribution in [0.15, 0.2) is 35.7 Å². The molecule has 15 heavy (non-hydrogen) atoms. The summed E-state index contributed by atoms with van der Waals surface area (Å²) >= 11 is 7.78. The van der Waals surface area contributed by atoms with Gasteiger partial charge in [0.05, 0.1) is 9.90 Å². The van der Waals surface area contributed by atoms with Crippen molar-refractivity contribution >= 4 is 22.9 Å². The van der Waals surface area contributed by atoms with Crippen molar-refractivity contribution in [3.8, 4) is 10.4 Å². The van der Waals surface area contributed by atoms with Crippen LogP contribution in [0.1, 0.15) is 5.56 Å². The van der Waals surface area contributed by atoms with Crippen LogP contribution in [0.3, 0.4) is 0 Å². The molecule has 0 radical (unpaired) electrons. The van der Waals surface area contributed by atoms with Gasteiger partial charge in [0.1, 0.15) is 0 Å². The van der Waals surface area contributed by atoms with E-state index in [1.807, 2.05) is 18.5 Å². The molecule has 0 saturated carbocycles. The van der Waals surface area contributed by atoms with E-state index in [1.165, 1.54) is 11.1 Å². The van der Waals surface area contributed by atoms with Gasteiger partial charge in [-0.05, 0) is 35.7 Å². The van der Waals surface area contributed by atoms with Gasteiger partial charge in [0.15, 0.2) is 0 Å². The van der Waals surface area contributed by atoms with Crippen LogP contribution in [0.4, 0.5) is 0 Å². The van der Waals surface area contributed by atoms with Gasteiger partial charge >= 0.3 is 0 Å². The summed E-state index contributed by atoms with van der Waals surface area (Å²) in [6.07, 6.45) is 0. The molecule has 1 heterocycles. The summed E-state index contributed by atoms with van der Waals surface area (Å²) in [5.74, 6) is 0. The summed E-state index contributed by atoms with van der Waals surface area (Å²) in [6.45, 7) is 0.886. The molecule has 0 bridgehead atoms. The number of nitrogens with one attached hydrogen (secondary N) is 1. The SMILES string of the molecule is CNCc1cccc(-c2sccc2Cl)c1. The molecule has 0 amide bonds. The topological polar surface area (TPSA) is 12.0 Å². The highest BCUT2D eigenvalue weighted by molar-refractivity contribution is 7.14. The van der Waals surface area contributed by atoms with E-state index in [4.69, 9.17) is 11.6 Å². The minimum absolute atomic E-state index is 0.835. The predicted molar refractivity (Wildman–Crippen MR) is 67.5 cm³/mol.